The van der Waals surface area contributed by atoms with Crippen molar-refractivity contribution in [3.63, 3.8) is 0 Å². The van der Waals surface area contributed by atoms with Gasteiger partial charge in [-0.05, 0) is 19.3 Å². The zero-order valence-corrected chi connectivity index (χ0v) is 13.6. The third kappa shape index (κ3) is 5.16. The highest BCUT2D eigenvalue weighted by Gasteiger charge is 2.27. The number of rotatable bonds is 5. The molecule has 1 atom stereocenters. The number of carbonyl (C=O) groups is 2. The van der Waals surface area contributed by atoms with Crippen LogP contribution >= 0.6 is 0 Å². The lowest BCUT2D eigenvalue weighted by molar-refractivity contribution is -0.123. The molecule has 0 aromatic carbocycles. The molecular weight excluding hydrogens is 282 g/mol. The summed E-state index contributed by atoms with van der Waals surface area (Å²) in [5, 5.41) is 5.78. The predicted octanol–water partition coefficient (Wildman–Crippen LogP) is 1.50. The van der Waals surface area contributed by atoms with Crippen LogP contribution in [0.25, 0.3) is 0 Å². The quantitative estimate of drug-likeness (QED) is 0.808. The molecule has 126 valence electrons. The molecule has 0 unspecified atom stereocenters. The molecule has 1 heterocycles. The van der Waals surface area contributed by atoms with Crippen molar-refractivity contribution in [3.05, 3.63) is 0 Å². The first kappa shape index (κ1) is 17.1. The molecule has 3 amide bonds. The Kier molecular flexibility index (Phi) is 6.96. The van der Waals surface area contributed by atoms with Crippen LogP contribution in [0.5, 0.6) is 0 Å². The van der Waals surface area contributed by atoms with Crippen LogP contribution in [0.3, 0.4) is 0 Å². The molecule has 6 heteroatoms. The van der Waals surface area contributed by atoms with E-state index in [1.54, 1.807) is 4.90 Å². The van der Waals surface area contributed by atoms with Gasteiger partial charge in [0.05, 0.1) is 13.2 Å². The Balaban J connectivity index is 1.90. The van der Waals surface area contributed by atoms with E-state index < -0.39 is 6.04 Å². The highest BCUT2D eigenvalue weighted by molar-refractivity contribution is 5.87. The third-order valence-corrected chi connectivity index (χ3v) is 4.56. The first-order valence-electron chi connectivity index (χ1n) is 8.61. The molecule has 1 saturated carbocycles. The van der Waals surface area contributed by atoms with Crippen molar-refractivity contribution in [1.82, 2.24) is 15.5 Å². The average molecular weight is 311 g/mol. The van der Waals surface area contributed by atoms with Gasteiger partial charge < -0.3 is 20.3 Å². The lowest BCUT2D eigenvalue weighted by atomic mass is 9.84. The third-order valence-electron chi connectivity index (χ3n) is 4.56. The minimum Gasteiger partial charge on any atom is -0.378 e. The van der Waals surface area contributed by atoms with Gasteiger partial charge in [0.15, 0.2) is 0 Å². The Labute approximate surface area is 132 Å². The minimum atomic E-state index is -0.418. The van der Waals surface area contributed by atoms with Crippen LogP contribution in [0.1, 0.15) is 45.4 Å². The second kappa shape index (κ2) is 8.98. The summed E-state index contributed by atoms with van der Waals surface area (Å²) in [4.78, 5) is 26.3. The number of amides is 3. The molecule has 0 spiro atoms. The van der Waals surface area contributed by atoms with E-state index in [-0.39, 0.29) is 11.9 Å². The molecule has 0 bridgehead atoms. The molecule has 2 fully saturated rings. The summed E-state index contributed by atoms with van der Waals surface area (Å²) in [5.74, 6) is 0.487. The summed E-state index contributed by atoms with van der Waals surface area (Å²) in [6.07, 6.45) is 6.87. The zero-order valence-electron chi connectivity index (χ0n) is 13.6. The van der Waals surface area contributed by atoms with Crippen molar-refractivity contribution in [2.45, 2.75) is 51.5 Å². The van der Waals surface area contributed by atoms with Crippen molar-refractivity contribution in [1.29, 1.82) is 0 Å². The Morgan fingerprint density at radius 3 is 2.50 bits per heavy atom. The van der Waals surface area contributed by atoms with Crippen LogP contribution < -0.4 is 10.6 Å². The Bertz CT molecular complexity index is 364. The van der Waals surface area contributed by atoms with Gasteiger partial charge in [0.2, 0.25) is 5.91 Å². The van der Waals surface area contributed by atoms with Gasteiger partial charge in [0, 0.05) is 19.6 Å². The van der Waals surface area contributed by atoms with Gasteiger partial charge in [0.25, 0.3) is 0 Å². The fourth-order valence-electron chi connectivity index (χ4n) is 3.29. The molecule has 2 rings (SSSR count). The summed E-state index contributed by atoms with van der Waals surface area (Å²) in [7, 11) is 0. The zero-order chi connectivity index (χ0) is 15.8. The second-order valence-corrected chi connectivity index (χ2v) is 6.24. The van der Waals surface area contributed by atoms with E-state index in [4.69, 9.17) is 4.74 Å². The van der Waals surface area contributed by atoms with Gasteiger partial charge >= 0.3 is 6.03 Å². The van der Waals surface area contributed by atoms with Crippen molar-refractivity contribution < 1.29 is 14.3 Å². The normalized spacial score (nSPS) is 21.2. The standard InChI is InChI=1S/C16H29N3O3/c1-2-17-15(20)14(12-13-6-4-3-5-7-13)18-16(21)19-8-10-22-11-9-19/h13-14H,2-12H2,1H3,(H,17,20)(H,18,21)/t14-/m0/s1. The van der Waals surface area contributed by atoms with Crippen molar-refractivity contribution >= 4 is 11.9 Å². The van der Waals surface area contributed by atoms with Gasteiger partial charge in [-0.3, -0.25) is 4.79 Å². The predicted molar refractivity (Wildman–Crippen MR) is 84.6 cm³/mol. The number of ether oxygens (including phenoxy) is 1. The highest BCUT2D eigenvalue weighted by Crippen LogP contribution is 2.27. The lowest BCUT2D eigenvalue weighted by Gasteiger charge is -2.31. The summed E-state index contributed by atoms with van der Waals surface area (Å²) >= 11 is 0. The summed E-state index contributed by atoms with van der Waals surface area (Å²) in [6, 6.07) is -0.561. The molecule has 1 saturated heterocycles. The van der Waals surface area contributed by atoms with E-state index in [1.165, 1.54) is 32.1 Å². The van der Waals surface area contributed by atoms with E-state index in [0.717, 1.165) is 6.42 Å². The molecule has 0 aromatic rings. The van der Waals surface area contributed by atoms with Crippen LogP contribution in [-0.2, 0) is 9.53 Å². The maximum absolute atomic E-state index is 12.3. The minimum absolute atomic E-state index is 0.0605. The van der Waals surface area contributed by atoms with E-state index in [0.29, 0.717) is 38.8 Å². The van der Waals surface area contributed by atoms with Gasteiger partial charge in [-0.1, -0.05) is 32.1 Å². The van der Waals surface area contributed by atoms with Crippen molar-refractivity contribution in [3.8, 4) is 0 Å². The number of nitrogens with one attached hydrogen (secondary N) is 2. The maximum Gasteiger partial charge on any atom is 0.318 e. The SMILES string of the molecule is CCNC(=O)[C@H](CC1CCCCC1)NC(=O)N1CCOCC1. The number of hydrogen-bond donors (Lipinski definition) is 2. The Hall–Kier alpha value is -1.30. The number of hydrogen-bond acceptors (Lipinski definition) is 3. The van der Waals surface area contributed by atoms with Crippen LogP contribution in [0.2, 0.25) is 0 Å². The van der Waals surface area contributed by atoms with E-state index in [1.807, 2.05) is 6.92 Å². The number of likely N-dealkylation sites (N-methyl/N-ethyl adjacent to an activating group) is 1. The first-order chi connectivity index (χ1) is 10.7. The molecule has 2 N–H and O–H groups in total. The summed E-state index contributed by atoms with van der Waals surface area (Å²) in [5.41, 5.74) is 0. The number of carbonyl (C=O) groups excluding carboxylic acids is 2. The molecule has 2 aliphatic rings. The maximum atomic E-state index is 12.3. The van der Waals surface area contributed by atoms with E-state index in [9.17, 15) is 9.59 Å². The van der Waals surface area contributed by atoms with Gasteiger partial charge in [-0.15, -0.1) is 0 Å². The highest BCUT2D eigenvalue weighted by atomic mass is 16.5. The van der Waals surface area contributed by atoms with Gasteiger partial charge in [-0.2, -0.15) is 0 Å². The molecule has 6 nitrogen and oxygen atoms in total. The van der Waals surface area contributed by atoms with E-state index >= 15 is 0 Å². The average Bonchev–Trinajstić information content (AvgIpc) is 2.56. The second-order valence-electron chi connectivity index (χ2n) is 6.24. The first-order valence-corrected chi connectivity index (χ1v) is 8.61. The van der Waals surface area contributed by atoms with Crippen LogP contribution in [0.15, 0.2) is 0 Å². The summed E-state index contributed by atoms with van der Waals surface area (Å²) in [6.45, 7) is 4.82. The molecule has 1 aliphatic heterocycles. The fraction of sp³-hybridized carbons (Fsp3) is 0.875. The molecule has 1 aliphatic carbocycles. The molecule has 0 aromatic heterocycles. The van der Waals surface area contributed by atoms with Crippen molar-refractivity contribution in [2.75, 3.05) is 32.8 Å². The number of urea groups is 1. The molecule has 22 heavy (non-hydrogen) atoms. The topological polar surface area (TPSA) is 70.7 Å². The Morgan fingerprint density at radius 2 is 1.86 bits per heavy atom. The number of nitrogens with zero attached hydrogens (tertiary/aromatic N) is 1. The molecule has 0 radical (unpaired) electrons. The monoisotopic (exact) mass is 311 g/mol. The van der Waals surface area contributed by atoms with Crippen LogP contribution in [0, 0.1) is 5.92 Å². The van der Waals surface area contributed by atoms with Crippen molar-refractivity contribution in [2.24, 2.45) is 5.92 Å². The fourth-order valence-corrected chi connectivity index (χ4v) is 3.29. The van der Waals surface area contributed by atoms with Gasteiger partial charge in [0.1, 0.15) is 6.04 Å². The molecular formula is C16H29N3O3. The Morgan fingerprint density at radius 1 is 1.18 bits per heavy atom. The van der Waals surface area contributed by atoms with E-state index in [2.05, 4.69) is 10.6 Å². The van der Waals surface area contributed by atoms with Crippen LogP contribution in [-0.4, -0.2) is 55.7 Å². The lowest BCUT2D eigenvalue weighted by Crippen LogP contribution is -2.54. The van der Waals surface area contributed by atoms with Crippen LogP contribution in [0.4, 0.5) is 4.79 Å². The summed E-state index contributed by atoms with van der Waals surface area (Å²) < 4.78 is 5.26. The largest absolute Gasteiger partial charge is 0.378 e. The number of morpholine rings is 1. The smallest absolute Gasteiger partial charge is 0.318 e. The van der Waals surface area contributed by atoms with Gasteiger partial charge in [-0.25, -0.2) is 4.79 Å².